The summed E-state index contributed by atoms with van der Waals surface area (Å²) < 4.78 is 0. The molecule has 0 fully saturated rings. The van der Waals surface area contributed by atoms with Crippen LogP contribution in [0.5, 0.6) is 0 Å². The number of hydrogen-bond acceptors (Lipinski definition) is 4. The summed E-state index contributed by atoms with van der Waals surface area (Å²) in [5.41, 5.74) is 5.38. The highest BCUT2D eigenvalue weighted by Gasteiger charge is 2.08. The minimum absolute atomic E-state index is 0.0319. The van der Waals surface area contributed by atoms with Crippen LogP contribution in [0.3, 0.4) is 0 Å². The van der Waals surface area contributed by atoms with E-state index < -0.39 is 0 Å². The summed E-state index contributed by atoms with van der Waals surface area (Å²) in [6.45, 7) is 2.58. The third-order valence-corrected chi connectivity index (χ3v) is 3.01. The van der Waals surface area contributed by atoms with Gasteiger partial charge in [0.05, 0.1) is 4.88 Å². The molecule has 0 aliphatic rings. The predicted octanol–water partition coefficient (Wildman–Crippen LogP) is 0.331. The van der Waals surface area contributed by atoms with Gasteiger partial charge in [-0.2, -0.15) is 0 Å². The second-order valence-electron chi connectivity index (χ2n) is 3.69. The van der Waals surface area contributed by atoms with E-state index in [-0.39, 0.29) is 24.3 Å². The highest BCUT2D eigenvalue weighted by molar-refractivity contribution is 7.12. The predicted molar refractivity (Wildman–Crippen MR) is 67.9 cm³/mol. The number of hydrogen-bond donors (Lipinski definition) is 3. The SMILES string of the molecule is C[C@@H](CN)NC(=O)CCNC(=O)c1cccs1. The van der Waals surface area contributed by atoms with Crippen LogP contribution in [0.4, 0.5) is 0 Å². The van der Waals surface area contributed by atoms with Gasteiger partial charge in [-0.25, -0.2) is 0 Å². The monoisotopic (exact) mass is 255 g/mol. The Kier molecular flexibility index (Phi) is 5.65. The molecule has 4 N–H and O–H groups in total. The van der Waals surface area contributed by atoms with Crippen LogP contribution in [0.25, 0.3) is 0 Å². The number of thiophene rings is 1. The Morgan fingerprint density at radius 3 is 2.88 bits per heavy atom. The van der Waals surface area contributed by atoms with Crippen molar-refractivity contribution < 1.29 is 9.59 Å². The number of carbonyl (C=O) groups is 2. The lowest BCUT2D eigenvalue weighted by Gasteiger charge is -2.11. The van der Waals surface area contributed by atoms with Gasteiger partial charge >= 0.3 is 0 Å². The fourth-order valence-electron chi connectivity index (χ4n) is 1.19. The Morgan fingerprint density at radius 1 is 1.53 bits per heavy atom. The van der Waals surface area contributed by atoms with Crippen molar-refractivity contribution in [3.05, 3.63) is 22.4 Å². The van der Waals surface area contributed by atoms with Gasteiger partial charge < -0.3 is 16.4 Å². The summed E-state index contributed by atoms with van der Waals surface area (Å²) in [6, 6.07) is 3.53. The van der Waals surface area contributed by atoms with E-state index >= 15 is 0 Å². The highest BCUT2D eigenvalue weighted by Crippen LogP contribution is 2.07. The van der Waals surface area contributed by atoms with Crippen LogP contribution in [0.2, 0.25) is 0 Å². The molecule has 1 aromatic heterocycles. The molecule has 0 aliphatic heterocycles. The zero-order valence-corrected chi connectivity index (χ0v) is 10.5. The zero-order chi connectivity index (χ0) is 12.7. The van der Waals surface area contributed by atoms with E-state index in [9.17, 15) is 9.59 Å². The second kappa shape index (κ2) is 7.03. The van der Waals surface area contributed by atoms with Crippen molar-refractivity contribution >= 4 is 23.2 Å². The largest absolute Gasteiger partial charge is 0.352 e. The molecule has 1 atom stereocenters. The third-order valence-electron chi connectivity index (χ3n) is 2.14. The number of carbonyl (C=O) groups excluding carboxylic acids is 2. The fourth-order valence-corrected chi connectivity index (χ4v) is 1.83. The fraction of sp³-hybridized carbons (Fsp3) is 0.455. The first-order valence-electron chi connectivity index (χ1n) is 5.44. The van der Waals surface area contributed by atoms with Gasteiger partial charge in [0.1, 0.15) is 0 Å². The van der Waals surface area contributed by atoms with Crippen LogP contribution in [-0.4, -0.2) is 30.9 Å². The minimum atomic E-state index is -0.139. The molecule has 0 aromatic carbocycles. The average molecular weight is 255 g/mol. The van der Waals surface area contributed by atoms with Crippen molar-refractivity contribution in [3.63, 3.8) is 0 Å². The molecule has 2 amide bonds. The first kappa shape index (κ1) is 13.7. The molecule has 0 saturated carbocycles. The first-order chi connectivity index (χ1) is 8.13. The summed E-state index contributed by atoms with van der Waals surface area (Å²) in [4.78, 5) is 23.5. The van der Waals surface area contributed by atoms with E-state index in [0.717, 1.165) is 0 Å². The number of amides is 2. The van der Waals surface area contributed by atoms with E-state index in [1.165, 1.54) is 11.3 Å². The van der Waals surface area contributed by atoms with Crippen LogP contribution in [0.1, 0.15) is 23.0 Å². The van der Waals surface area contributed by atoms with E-state index in [2.05, 4.69) is 10.6 Å². The molecule has 0 unspecified atom stereocenters. The van der Waals surface area contributed by atoms with Gasteiger partial charge in [-0.3, -0.25) is 9.59 Å². The quantitative estimate of drug-likeness (QED) is 0.685. The molecule has 0 radical (unpaired) electrons. The molecular formula is C11H17N3O2S. The topological polar surface area (TPSA) is 84.2 Å². The Bertz CT molecular complexity index is 365. The lowest BCUT2D eigenvalue weighted by molar-refractivity contribution is -0.121. The maximum atomic E-state index is 11.5. The van der Waals surface area contributed by atoms with Gasteiger partial charge in [-0.05, 0) is 18.4 Å². The van der Waals surface area contributed by atoms with Crippen LogP contribution in [-0.2, 0) is 4.79 Å². The number of nitrogens with two attached hydrogens (primary N) is 1. The van der Waals surface area contributed by atoms with E-state index in [4.69, 9.17) is 5.73 Å². The Labute approximate surface area is 104 Å². The van der Waals surface area contributed by atoms with Crippen LogP contribution >= 0.6 is 11.3 Å². The van der Waals surface area contributed by atoms with Gasteiger partial charge in [0.25, 0.3) is 5.91 Å². The Morgan fingerprint density at radius 2 is 2.29 bits per heavy atom. The standard InChI is InChI=1S/C11H17N3O2S/c1-8(7-12)14-10(15)4-5-13-11(16)9-3-2-6-17-9/h2-3,6,8H,4-5,7,12H2,1H3,(H,13,16)(H,14,15)/t8-/m0/s1. The molecule has 0 bridgehead atoms. The lowest BCUT2D eigenvalue weighted by Crippen LogP contribution is -2.39. The molecule has 0 spiro atoms. The molecule has 0 saturated heterocycles. The molecule has 6 heteroatoms. The second-order valence-corrected chi connectivity index (χ2v) is 4.64. The Balaban J connectivity index is 2.20. The maximum absolute atomic E-state index is 11.5. The minimum Gasteiger partial charge on any atom is -0.352 e. The molecule has 1 heterocycles. The molecular weight excluding hydrogens is 238 g/mol. The van der Waals surface area contributed by atoms with E-state index in [1.54, 1.807) is 6.07 Å². The summed E-state index contributed by atoms with van der Waals surface area (Å²) in [5, 5.41) is 7.25. The van der Waals surface area contributed by atoms with Crippen molar-refractivity contribution in [3.8, 4) is 0 Å². The van der Waals surface area contributed by atoms with Gasteiger partial charge in [0.2, 0.25) is 5.91 Å². The van der Waals surface area contributed by atoms with Crippen molar-refractivity contribution in [2.75, 3.05) is 13.1 Å². The van der Waals surface area contributed by atoms with Crippen LogP contribution in [0.15, 0.2) is 17.5 Å². The summed E-state index contributed by atoms with van der Waals surface area (Å²) in [7, 11) is 0. The van der Waals surface area contributed by atoms with Crippen molar-refractivity contribution in [1.29, 1.82) is 0 Å². The number of rotatable bonds is 6. The average Bonchev–Trinajstić information content (AvgIpc) is 2.82. The third kappa shape index (κ3) is 4.97. The van der Waals surface area contributed by atoms with Gasteiger partial charge in [0.15, 0.2) is 0 Å². The van der Waals surface area contributed by atoms with E-state index in [1.807, 2.05) is 18.4 Å². The van der Waals surface area contributed by atoms with Gasteiger partial charge in [-0.1, -0.05) is 6.07 Å². The van der Waals surface area contributed by atoms with E-state index in [0.29, 0.717) is 18.0 Å². The van der Waals surface area contributed by atoms with Crippen molar-refractivity contribution in [1.82, 2.24) is 10.6 Å². The molecule has 17 heavy (non-hydrogen) atoms. The molecule has 1 rings (SSSR count). The highest BCUT2D eigenvalue weighted by atomic mass is 32.1. The zero-order valence-electron chi connectivity index (χ0n) is 9.73. The molecule has 94 valence electrons. The van der Waals surface area contributed by atoms with Crippen LogP contribution in [0, 0.1) is 0 Å². The normalized spacial score (nSPS) is 11.9. The molecule has 1 aromatic rings. The van der Waals surface area contributed by atoms with Crippen molar-refractivity contribution in [2.45, 2.75) is 19.4 Å². The maximum Gasteiger partial charge on any atom is 0.261 e. The smallest absolute Gasteiger partial charge is 0.261 e. The summed E-state index contributed by atoms with van der Waals surface area (Å²) in [5.74, 6) is -0.242. The number of nitrogens with one attached hydrogen (secondary N) is 2. The lowest BCUT2D eigenvalue weighted by atomic mass is 10.3. The molecule has 5 nitrogen and oxygen atoms in total. The van der Waals surface area contributed by atoms with Gasteiger partial charge in [0, 0.05) is 25.6 Å². The van der Waals surface area contributed by atoms with Crippen molar-refractivity contribution in [2.24, 2.45) is 5.73 Å². The van der Waals surface area contributed by atoms with Crippen LogP contribution < -0.4 is 16.4 Å². The summed E-state index contributed by atoms with van der Waals surface area (Å²) >= 11 is 1.38. The Hall–Kier alpha value is -1.40. The first-order valence-corrected chi connectivity index (χ1v) is 6.32. The molecule has 0 aliphatic carbocycles. The van der Waals surface area contributed by atoms with Gasteiger partial charge in [-0.15, -0.1) is 11.3 Å². The summed E-state index contributed by atoms with van der Waals surface area (Å²) in [6.07, 6.45) is 0.265.